The standard InChI is InChI=1S/C26H29ClN2O3S/c1-17-14-19(3)24(15-18(17)2)20(4)28-26(30)21-10-12-23(13-11-21)29(33(5,31)32)16-22-8-6-7-9-25(22)27/h6-15,20H,16H2,1-5H3,(H,28,30)/t20-/m1/s1. The van der Waals surface area contributed by atoms with Crippen molar-refractivity contribution in [1.29, 1.82) is 0 Å². The fourth-order valence-electron chi connectivity index (χ4n) is 3.77. The topological polar surface area (TPSA) is 66.5 Å². The molecule has 33 heavy (non-hydrogen) atoms. The smallest absolute Gasteiger partial charge is 0.251 e. The van der Waals surface area contributed by atoms with Gasteiger partial charge >= 0.3 is 0 Å². The van der Waals surface area contributed by atoms with Gasteiger partial charge in [0.05, 0.1) is 24.5 Å². The summed E-state index contributed by atoms with van der Waals surface area (Å²) in [5.74, 6) is -0.219. The Kier molecular flexibility index (Phi) is 7.50. The van der Waals surface area contributed by atoms with E-state index in [0.717, 1.165) is 17.4 Å². The highest BCUT2D eigenvalue weighted by Gasteiger charge is 2.20. The molecule has 174 valence electrons. The summed E-state index contributed by atoms with van der Waals surface area (Å²) in [5, 5.41) is 3.54. The first-order valence-corrected chi connectivity index (χ1v) is 12.9. The lowest BCUT2D eigenvalue weighted by atomic mass is 9.96. The Bertz CT molecular complexity index is 1270. The van der Waals surface area contributed by atoms with Gasteiger partial charge in [0.2, 0.25) is 10.0 Å². The maximum Gasteiger partial charge on any atom is 0.251 e. The van der Waals surface area contributed by atoms with Gasteiger partial charge in [0.25, 0.3) is 5.91 Å². The Hall–Kier alpha value is -2.83. The van der Waals surface area contributed by atoms with Crippen LogP contribution in [0, 0.1) is 20.8 Å². The maximum absolute atomic E-state index is 12.8. The summed E-state index contributed by atoms with van der Waals surface area (Å²) in [6.07, 6.45) is 1.15. The molecule has 0 aliphatic carbocycles. The quantitative estimate of drug-likeness (QED) is 0.466. The first kappa shape index (κ1) is 24.8. The molecule has 0 heterocycles. The van der Waals surface area contributed by atoms with Crippen LogP contribution >= 0.6 is 11.6 Å². The van der Waals surface area contributed by atoms with Crippen molar-refractivity contribution in [3.05, 3.63) is 99.1 Å². The minimum absolute atomic E-state index is 0.104. The summed E-state index contributed by atoms with van der Waals surface area (Å²) < 4.78 is 26.2. The van der Waals surface area contributed by atoms with Crippen molar-refractivity contribution in [2.75, 3.05) is 10.6 Å². The molecule has 0 saturated carbocycles. The lowest BCUT2D eigenvalue weighted by Gasteiger charge is -2.23. The van der Waals surface area contributed by atoms with Gasteiger partial charge < -0.3 is 5.32 Å². The van der Waals surface area contributed by atoms with Crippen molar-refractivity contribution < 1.29 is 13.2 Å². The summed E-state index contributed by atoms with van der Waals surface area (Å²) in [7, 11) is -3.56. The minimum atomic E-state index is -3.56. The highest BCUT2D eigenvalue weighted by Crippen LogP contribution is 2.25. The van der Waals surface area contributed by atoms with Crippen LogP contribution in [0.5, 0.6) is 0 Å². The van der Waals surface area contributed by atoms with Crippen LogP contribution < -0.4 is 9.62 Å². The first-order chi connectivity index (χ1) is 15.5. The van der Waals surface area contributed by atoms with Gasteiger partial charge in [0.15, 0.2) is 0 Å². The highest BCUT2D eigenvalue weighted by atomic mass is 35.5. The van der Waals surface area contributed by atoms with Crippen LogP contribution in [0.25, 0.3) is 0 Å². The lowest BCUT2D eigenvalue weighted by Crippen LogP contribution is -2.30. The molecule has 0 radical (unpaired) electrons. The van der Waals surface area contributed by atoms with Crippen LogP contribution in [-0.2, 0) is 16.6 Å². The molecule has 0 spiro atoms. The predicted molar refractivity (Wildman–Crippen MR) is 135 cm³/mol. The van der Waals surface area contributed by atoms with Gasteiger partial charge in [-0.05, 0) is 85.8 Å². The van der Waals surface area contributed by atoms with Crippen LogP contribution in [0.1, 0.15) is 51.1 Å². The molecule has 0 aromatic heterocycles. The van der Waals surface area contributed by atoms with Gasteiger partial charge in [-0.1, -0.05) is 41.9 Å². The van der Waals surface area contributed by atoms with Gasteiger partial charge in [0.1, 0.15) is 0 Å². The van der Waals surface area contributed by atoms with Crippen LogP contribution in [0.2, 0.25) is 5.02 Å². The van der Waals surface area contributed by atoms with E-state index in [9.17, 15) is 13.2 Å². The number of halogens is 1. The molecule has 1 amide bonds. The molecule has 0 saturated heterocycles. The van der Waals surface area contributed by atoms with E-state index in [0.29, 0.717) is 21.8 Å². The van der Waals surface area contributed by atoms with E-state index in [1.165, 1.54) is 15.4 Å². The number of rotatable bonds is 7. The zero-order valence-corrected chi connectivity index (χ0v) is 21.1. The van der Waals surface area contributed by atoms with E-state index >= 15 is 0 Å². The number of carbonyl (C=O) groups excluding carboxylic acids is 1. The SMILES string of the molecule is Cc1cc(C)c([C@@H](C)NC(=O)c2ccc(N(Cc3ccccc3Cl)S(C)(=O)=O)cc2)cc1C. The van der Waals surface area contributed by atoms with Crippen LogP contribution in [-0.4, -0.2) is 20.6 Å². The van der Waals surface area contributed by atoms with Crippen molar-refractivity contribution in [2.45, 2.75) is 40.3 Å². The van der Waals surface area contributed by atoms with Crippen LogP contribution in [0.15, 0.2) is 60.7 Å². The van der Waals surface area contributed by atoms with E-state index in [1.54, 1.807) is 42.5 Å². The van der Waals surface area contributed by atoms with Gasteiger partial charge in [-0.2, -0.15) is 0 Å². The molecular weight excluding hydrogens is 456 g/mol. The molecule has 3 rings (SSSR count). The molecule has 7 heteroatoms. The molecule has 3 aromatic rings. The van der Waals surface area contributed by atoms with Gasteiger partial charge in [-0.3, -0.25) is 9.10 Å². The number of benzene rings is 3. The number of aryl methyl sites for hydroxylation is 3. The number of sulfonamides is 1. The average molecular weight is 485 g/mol. The average Bonchev–Trinajstić information content (AvgIpc) is 2.75. The number of nitrogens with one attached hydrogen (secondary N) is 1. The maximum atomic E-state index is 12.8. The fourth-order valence-corrected chi connectivity index (χ4v) is 4.84. The number of anilines is 1. The zero-order valence-electron chi connectivity index (χ0n) is 19.5. The third kappa shape index (κ3) is 5.95. The molecule has 0 aliphatic rings. The second-order valence-electron chi connectivity index (χ2n) is 8.40. The number of carbonyl (C=O) groups is 1. The monoisotopic (exact) mass is 484 g/mol. The van der Waals surface area contributed by atoms with Crippen LogP contribution in [0.3, 0.4) is 0 Å². The third-order valence-electron chi connectivity index (χ3n) is 5.79. The summed E-state index contributed by atoms with van der Waals surface area (Å²) in [5.41, 5.74) is 6.23. The molecule has 0 fully saturated rings. The Balaban J connectivity index is 1.79. The van der Waals surface area contributed by atoms with Gasteiger partial charge in [0, 0.05) is 10.6 Å². The predicted octanol–water partition coefficient (Wildman–Crippen LogP) is 5.72. The van der Waals surface area contributed by atoms with Crippen molar-refractivity contribution in [3.63, 3.8) is 0 Å². The molecule has 0 bridgehead atoms. The molecule has 1 N–H and O–H groups in total. The Morgan fingerprint density at radius 1 is 0.970 bits per heavy atom. The van der Waals surface area contributed by atoms with E-state index in [4.69, 9.17) is 11.6 Å². The lowest BCUT2D eigenvalue weighted by molar-refractivity contribution is 0.0940. The molecule has 0 unspecified atom stereocenters. The Morgan fingerprint density at radius 3 is 2.18 bits per heavy atom. The summed E-state index contributed by atoms with van der Waals surface area (Å²) in [6.45, 7) is 8.23. The van der Waals surface area contributed by atoms with Crippen molar-refractivity contribution in [2.24, 2.45) is 0 Å². The minimum Gasteiger partial charge on any atom is -0.346 e. The molecular formula is C26H29ClN2O3S. The molecule has 0 aliphatic heterocycles. The van der Waals surface area contributed by atoms with E-state index in [-0.39, 0.29) is 18.5 Å². The Labute approximate surface area is 201 Å². The zero-order chi connectivity index (χ0) is 24.3. The number of amides is 1. The molecule has 3 aromatic carbocycles. The van der Waals surface area contributed by atoms with Gasteiger partial charge in [-0.25, -0.2) is 8.42 Å². The van der Waals surface area contributed by atoms with Gasteiger partial charge in [-0.15, -0.1) is 0 Å². The summed E-state index contributed by atoms with van der Waals surface area (Å²) in [4.78, 5) is 12.8. The molecule has 1 atom stereocenters. The van der Waals surface area contributed by atoms with E-state index < -0.39 is 10.0 Å². The number of nitrogens with zero attached hydrogens (tertiary/aromatic N) is 1. The Morgan fingerprint density at radius 2 is 1.58 bits per heavy atom. The van der Waals surface area contributed by atoms with Crippen LogP contribution in [0.4, 0.5) is 5.69 Å². The van der Waals surface area contributed by atoms with E-state index in [2.05, 4.69) is 31.3 Å². The number of hydrogen-bond acceptors (Lipinski definition) is 3. The second-order valence-corrected chi connectivity index (χ2v) is 10.7. The van der Waals surface area contributed by atoms with E-state index in [1.807, 2.05) is 19.9 Å². The summed E-state index contributed by atoms with van der Waals surface area (Å²) >= 11 is 6.23. The third-order valence-corrected chi connectivity index (χ3v) is 7.30. The molecule has 5 nitrogen and oxygen atoms in total. The highest BCUT2D eigenvalue weighted by molar-refractivity contribution is 7.92. The fraction of sp³-hybridized carbons (Fsp3) is 0.269. The number of hydrogen-bond donors (Lipinski definition) is 1. The normalized spacial score (nSPS) is 12.3. The largest absolute Gasteiger partial charge is 0.346 e. The van der Waals surface area contributed by atoms with Crippen molar-refractivity contribution >= 4 is 33.2 Å². The second kappa shape index (κ2) is 9.98. The first-order valence-electron chi connectivity index (χ1n) is 10.7. The summed E-state index contributed by atoms with van der Waals surface area (Å²) in [6, 6.07) is 17.7. The van der Waals surface area contributed by atoms with Crippen molar-refractivity contribution in [1.82, 2.24) is 5.32 Å². The van der Waals surface area contributed by atoms with Crippen molar-refractivity contribution in [3.8, 4) is 0 Å².